The van der Waals surface area contributed by atoms with Crippen LogP contribution in [0.2, 0.25) is 0 Å². The minimum absolute atomic E-state index is 0.0192. The van der Waals surface area contributed by atoms with Crippen molar-refractivity contribution in [1.29, 1.82) is 0 Å². The van der Waals surface area contributed by atoms with E-state index in [1.165, 1.54) is 0 Å². The quantitative estimate of drug-likeness (QED) is 0.400. The second-order valence-electron chi connectivity index (χ2n) is 5.85. The first-order valence-corrected chi connectivity index (χ1v) is 7.56. The Hall–Kier alpha value is -1.67. The van der Waals surface area contributed by atoms with Gasteiger partial charge in [0.25, 0.3) is 0 Å². The summed E-state index contributed by atoms with van der Waals surface area (Å²) in [5.74, 6) is -1.69. The average Bonchev–Trinajstić information content (AvgIpc) is 2.41. The number of carbonyl (C=O) groups excluding carboxylic acids is 2. The molecule has 0 aliphatic rings. The van der Waals surface area contributed by atoms with E-state index in [1.54, 1.807) is 20.8 Å². The van der Waals surface area contributed by atoms with E-state index in [4.69, 9.17) is 19.3 Å². The lowest BCUT2D eigenvalue weighted by Gasteiger charge is -2.19. The van der Waals surface area contributed by atoms with E-state index >= 15 is 0 Å². The molecule has 0 saturated heterocycles. The lowest BCUT2D eigenvalue weighted by molar-refractivity contribution is -0.160. The first-order chi connectivity index (χ1) is 10.7. The van der Waals surface area contributed by atoms with Crippen LogP contribution in [0.5, 0.6) is 0 Å². The molecule has 23 heavy (non-hydrogen) atoms. The number of carbonyl (C=O) groups is 3. The fraction of sp³-hybridized carbons (Fsp3) is 0.800. The Kier molecular flexibility index (Phi) is 11.0. The fourth-order valence-corrected chi connectivity index (χ4v) is 1.46. The minimum atomic E-state index is -0.991. The molecule has 0 heterocycles. The molecule has 0 atom stereocenters. The van der Waals surface area contributed by atoms with Crippen LogP contribution in [0.1, 0.15) is 40.0 Å². The van der Waals surface area contributed by atoms with Gasteiger partial charge in [0, 0.05) is 19.6 Å². The maximum atomic E-state index is 11.3. The summed E-state index contributed by atoms with van der Waals surface area (Å²) in [4.78, 5) is 32.8. The minimum Gasteiger partial charge on any atom is -0.481 e. The number of carboxylic acid groups (broad SMARTS) is 1. The maximum absolute atomic E-state index is 11.3. The Morgan fingerprint density at radius 1 is 1.00 bits per heavy atom. The Morgan fingerprint density at radius 3 is 2.26 bits per heavy atom. The molecular formula is C15H27NO7. The highest BCUT2D eigenvalue weighted by molar-refractivity contribution is 5.80. The zero-order valence-corrected chi connectivity index (χ0v) is 14.1. The van der Waals surface area contributed by atoms with E-state index < -0.39 is 17.5 Å². The van der Waals surface area contributed by atoms with Crippen LogP contribution < -0.4 is 5.32 Å². The Balaban J connectivity index is 3.35. The van der Waals surface area contributed by atoms with Gasteiger partial charge in [-0.1, -0.05) is 0 Å². The van der Waals surface area contributed by atoms with Crippen molar-refractivity contribution in [3.05, 3.63) is 0 Å². The molecule has 134 valence electrons. The predicted molar refractivity (Wildman–Crippen MR) is 82.0 cm³/mol. The first-order valence-electron chi connectivity index (χ1n) is 7.56. The van der Waals surface area contributed by atoms with Crippen molar-refractivity contribution >= 4 is 17.8 Å². The van der Waals surface area contributed by atoms with E-state index in [0.29, 0.717) is 26.2 Å². The summed E-state index contributed by atoms with van der Waals surface area (Å²) in [6.45, 7) is 6.74. The zero-order chi connectivity index (χ0) is 17.7. The normalized spacial score (nSPS) is 11.1. The van der Waals surface area contributed by atoms with Crippen molar-refractivity contribution in [2.75, 3.05) is 33.0 Å². The van der Waals surface area contributed by atoms with Gasteiger partial charge in [-0.05, 0) is 27.2 Å². The standard InChI is InChI=1S/C15H27NO7/c1-15(2,3)23-14(20)11-22-10-9-21-8-4-7-16-12(17)5-6-13(18)19/h4-11H2,1-3H3,(H,16,17)(H,18,19). The summed E-state index contributed by atoms with van der Waals surface area (Å²) in [6.07, 6.45) is 0.427. The van der Waals surface area contributed by atoms with Crippen LogP contribution in [-0.2, 0) is 28.6 Å². The smallest absolute Gasteiger partial charge is 0.332 e. The monoisotopic (exact) mass is 333 g/mol. The lowest BCUT2D eigenvalue weighted by atomic mass is 10.2. The fourth-order valence-electron chi connectivity index (χ4n) is 1.46. The van der Waals surface area contributed by atoms with Gasteiger partial charge in [0.1, 0.15) is 12.2 Å². The van der Waals surface area contributed by atoms with Gasteiger partial charge in [0.15, 0.2) is 0 Å². The molecule has 0 aromatic carbocycles. The molecule has 1 amide bonds. The van der Waals surface area contributed by atoms with Crippen molar-refractivity contribution in [1.82, 2.24) is 5.32 Å². The van der Waals surface area contributed by atoms with Crippen LogP contribution in [0.4, 0.5) is 0 Å². The number of hydrogen-bond donors (Lipinski definition) is 2. The maximum Gasteiger partial charge on any atom is 0.332 e. The van der Waals surface area contributed by atoms with Gasteiger partial charge in [0.2, 0.25) is 5.91 Å². The van der Waals surface area contributed by atoms with Crippen LogP contribution >= 0.6 is 0 Å². The van der Waals surface area contributed by atoms with Gasteiger partial charge in [-0.2, -0.15) is 0 Å². The molecule has 0 radical (unpaired) electrons. The highest BCUT2D eigenvalue weighted by Gasteiger charge is 2.15. The van der Waals surface area contributed by atoms with E-state index in [-0.39, 0.29) is 32.0 Å². The Bertz CT molecular complexity index is 377. The van der Waals surface area contributed by atoms with Crippen molar-refractivity contribution in [2.45, 2.75) is 45.6 Å². The number of carboxylic acids is 1. The molecule has 0 aromatic rings. The third kappa shape index (κ3) is 16.5. The summed E-state index contributed by atoms with van der Waals surface area (Å²) >= 11 is 0. The molecule has 8 heteroatoms. The van der Waals surface area contributed by atoms with Crippen molar-refractivity contribution in [2.24, 2.45) is 0 Å². The molecule has 0 aliphatic carbocycles. The molecule has 8 nitrogen and oxygen atoms in total. The van der Waals surface area contributed by atoms with Crippen LogP contribution in [0.25, 0.3) is 0 Å². The van der Waals surface area contributed by atoms with Gasteiger partial charge >= 0.3 is 11.9 Å². The van der Waals surface area contributed by atoms with Crippen LogP contribution in [-0.4, -0.2) is 61.5 Å². The average molecular weight is 333 g/mol. The van der Waals surface area contributed by atoms with Gasteiger partial charge < -0.3 is 24.6 Å². The number of esters is 1. The molecule has 0 spiro atoms. The van der Waals surface area contributed by atoms with Gasteiger partial charge in [-0.15, -0.1) is 0 Å². The molecule has 0 unspecified atom stereocenters. The SMILES string of the molecule is CC(C)(C)OC(=O)COCCOCCCNC(=O)CCC(=O)O. The van der Waals surface area contributed by atoms with E-state index in [1.807, 2.05) is 0 Å². The second kappa shape index (κ2) is 11.8. The number of rotatable bonds is 12. The molecule has 0 aromatic heterocycles. The van der Waals surface area contributed by atoms with Gasteiger partial charge in [-0.3, -0.25) is 9.59 Å². The van der Waals surface area contributed by atoms with E-state index in [0.717, 1.165) is 0 Å². The molecular weight excluding hydrogens is 306 g/mol. The highest BCUT2D eigenvalue weighted by Crippen LogP contribution is 2.06. The highest BCUT2D eigenvalue weighted by atomic mass is 16.6. The topological polar surface area (TPSA) is 111 Å². The molecule has 0 fully saturated rings. The Labute approximate surface area is 136 Å². The Morgan fingerprint density at radius 2 is 1.65 bits per heavy atom. The first kappa shape index (κ1) is 21.3. The van der Waals surface area contributed by atoms with Crippen molar-refractivity contribution in [3.63, 3.8) is 0 Å². The molecule has 0 bridgehead atoms. The van der Waals surface area contributed by atoms with Gasteiger partial charge in [-0.25, -0.2) is 4.79 Å². The third-order valence-electron chi connectivity index (χ3n) is 2.37. The number of aliphatic carboxylic acids is 1. The number of hydrogen-bond acceptors (Lipinski definition) is 6. The zero-order valence-electron chi connectivity index (χ0n) is 14.1. The predicted octanol–water partition coefficient (Wildman–Crippen LogP) is 0.732. The van der Waals surface area contributed by atoms with E-state index in [9.17, 15) is 14.4 Å². The lowest BCUT2D eigenvalue weighted by Crippen LogP contribution is -2.27. The molecule has 0 saturated carbocycles. The van der Waals surface area contributed by atoms with Crippen LogP contribution in [0.15, 0.2) is 0 Å². The summed E-state index contributed by atoms with van der Waals surface area (Å²) in [5.41, 5.74) is -0.522. The molecule has 0 aliphatic heterocycles. The summed E-state index contributed by atoms with van der Waals surface area (Å²) in [5, 5.41) is 11.0. The number of ether oxygens (including phenoxy) is 3. The molecule has 0 rings (SSSR count). The summed E-state index contributed by atoms with van der Waals surface area (Å²) < 4.78 is 15.5. The van der Waals surface area contributed by atoms with Gasteiger partial charge in [0.05, 0.1) is 19.6 Å². The number of nitrogens with one attached hydrogen (secondary N) is 1. The van der Waals surface area contributed by atoms with Crippen LogP contribution in [0.3, 0.4) is 0 Å². The number of amides is 1. The third-order valence-corrected chi connectivity index (χ3v) is 2.37. The van der Waals surface area contributed by atoms with Crippen molar-refractivity contribution < 1.29 is 33.7 Å². The summed E-state index contributed by atoms with van der Waals surface area (Å²) in [6, 6.07) is 0. The second-order valence-corrected chi connectivity index (χ2v) is 5.85. The summed E-state index contributed by atoms with van der Waals surface area (Å²) in [7, 11) is 0. The van der Waals surface area contributed by atoms with Crippen molar-refractivity contribution in [3.8, 4) is 0 Å². The van der Waals surface area contributed by atoms with E-state index in [2.05, 4.69) is 5.32 Å². The van der Waals surface area contributed by atoms with Crippen LogP contribution in [0, 0.1) is 0 Å². The largest absolute Gasteiger partial charge is 0.481 e. The molecule has 2 N–H and O–H groups in total.